The van der Waals surface area contributed by atoms with Crippen molar-refractivity contribution in [2.75, 3.05) is 6.54 Å². The third-order valence-corrected chi connectivity index (χ3v) is 2.79. The number of carbonyl (C=O) groups excluding carboxylic acids is 1. The Morgan fingerprint density at radius 1 is 1.38 bits per heavy atom. The summed E-state index contributed by atoms with van der Waals surface area (Å²) in [6.45, 7) is 1.35. The van der Waals surface area contributed by atoms with E-state index in [9.17, 15) is 4.79 Å². The maximum Gasteiger partial charge on any atom is 0.488 e. The van der Waals surface area contributed by atoms with Crippen molar-refractivity contribution >= 4 is 18.5 Å². The van der Waals surface area contributed by atoms with Crippen LogP contribution in [-0.4, -0.2) is 34.5 Å². The molecule has 16 heavy (non-hydrogen) atoms. The molecule has 0 saturated carbocycles. The lowest BCUT2D eigenvalue weighted by Gasteiger charge is -2.15. The molecule has 0 bridgehead atoms. The van der Waals surface area contributed by atoms with Gasteiger partial charge in [-0.05, 0) is 17.4 Å². The molecule has 0 aromatic heterocycles. The summed E-state index contributed by atoms with van der Waals surface area (Å²) in [7, 11) is -1.45. The number of carbonyl (C=O) groups is 1. The molecule has 0 spiro atoms. The number of amides is 1. The van der Waals surface area contributed by atoms with Crippen molar-refractivity contribution in [1.29, 1.82) is 0 Å². The summed E-state index contributed by atoms with van der Waals surface area (Å²) in [6.07, 6.45) is 1.55. The van der Waals surface area contributed by atoms with Gasteiger partial charge in [-0.25, -0.2) is 0 Å². The highest BCUT2D eigenvalue weighted by Gasteiger charge is 2.20. The summed E-state index contributed by atoms with van der Waals surface area (Å²) in [5, 5.41) is 18.1. The Hall–Kier alpha value is -1.33. The molecule has 1 aromatic rings. The van der Waals surface area contributed by atoms with E-state index < -0.39 is 7.12 Å². The van der Waals surface area contributed by atoms with Gasteiger partial charge in [0.15, 0.2) is 0 Å². The van der Waals surface area contributed by atoms with Crippen LogP contribution in [0.3, 0.4) is 0 Å². The monoisotopic (exact) mass is 219 g/mol. The van der Waals surface area contributed by atoms with Gasteiger partial charge in [-0.2, -0.15) is 0 Å². The Labute approximate surface area is 94.7 Å². The minimum atomic E-state index is -1.45. The van der Waals surface area contributed by atoms with Crippen molar-refractivity contribution in [3.8, 4) is 0 Å². The topological polar surface area (TPSA) is 60.8 Å². The second-order valence-corrected chi connectivity index (χ2v) is 4.04. The van der Waals surface area contributed by atoms with E-state index in [1.54, 1.807) is 23.1 Å². The van der Waals surface area contributed by atoms with Crippen LogP contribution in [0.15, 0.2) is 24.3 Å². The zero-order valence-electron chi connectivity index (χ0n) is 8.97. The van der Waals surface area contributed by atoms with Gasteiger partial charge in [0.05, 0.1) is 0 Å². The minimum Gasteiger partial charge on any atom is -0.423 e. The average Bonchev–Trinajstić information content (AvgIpc) is 2.65. The van der Waals surface area contributed by atoms with Crippen molar-refractivity contribution in [3.05, 3.63) is 29.8 Å². The molecule has 0 aliphatic carbocycles. The molecule has 1 aliphatic heterocycles. The van der Waals surface area contributed by atoms with Crippen LogP contribution < -0.4 is 5.46 Å². The number of benzene rings is 1. The van der Waals surface area contributed by atoms with Crippen LogP contribution in [0.25, 0.3) is 0 Å². The van der Waals surface area contributed by atoms with Crippen molar-refractivity contribution in [3.63, 3.8) is 0 Å². The maximum absolute atomic E-state index is 11.4. The first-order valence-corrected chi connectivity index (χ1v) is 5.39. The molecule has 2 N–H and O–H groups in total. The van der Waals surface area contributed by atoms with Crippen LogP contribution in [0.4, 0.5) is 0 Å². The molecule has 1 heterocycles. The Bertz CT molecular complexity index is 395. The van der Waals surface area contributed by atoms with Gasteiger partial charge in [0.1, 0.15) is 0 Å². The predicted octanol–water partition coefficient (Wildman–Crippen LogP) is -0.511. The number of likely N-dealkylation sites (tertiary alicyclic amines) is 1. The molecule has 1 fully saturated rings. The van der Waals surface area contributed by atoms with E-state index in [4.69, 9.17) is 10.0 Å². The first kappa shape index (κ1) is 11.2. The van der Waals surface area contributed by atoms with Crippen LogP contribution in [0.2, 0.25) is 0 Å². The standard InChI is InChI=1S/C11H14BNO3/c14-11-5-2-6-13(11)8-9-3-1-4-10(7-9)12(15)16/h1,3-4,7,15-16H,2,5-6,8H2. The minimum absolute atomic E-state index is 0.176. The smallest absolute Gasteiger partial charge is 0.423 e. The molecule has 1 saturated heterocycles. The van der Waals surface area contributed by atoms with Gasteiger partial charge in [-0.3, -0.25) is 4.79 Å². The van der Waals surface area contributed by atoms with E-state index in [2.05, 4.69) is 0 Å². The summed E-state index contributed by atoms with van der Waals surface area (Å²) in [5.74, 6) is 0.176. The van der Waals surface area contributed by atoms with Crippen LogP contribution in [0.1, 0.15) is 18.4 Å². The van der Waals surface area contributed by atoms with E-state index in [-0.39, 0.29) is 5.91 Å². The highest BCUT2D eigenvalue weighted by Crippen LogP contribution is 2.13. The lowest BCUT2D eigenvalue weighted by Crippen LogP contribution is -2.31. The molecule has 2 rings (SSSR count). The van der Waals surface area contributed by atoms with Crippen LogP contribution in [0.5, 0.6) is 0 Å². The molecule has 0 atom stereocenters. The second-order valence-electron chi connectivity index (χ2n) is 4.04. The van der Waals surface area contributed by atoms with Gasteiger partial charge in [0, 0.05) is 19.5 Å². The number of rotatable bonds is 3. The van der Waals surface area contributed by atoms with Gasteiger partial charge in [-0.1, -0.05) is 24.3 Å². The summed E-state index contributed by atoms with van der Waals surface area (Å²) >= 11 is 0. The summed E-state index contributed by atoms with van der Waals surface area (Å²) in [4.78, 5) is 13.2. The molecule has 84 valence electrons. The third-order valence-electron chi connectivity index (χ3n) is 2.79. The zero-order chi connectivity index (χ0) is 11.5. The summed E-state index contributed by atoms with van der Waals surface area (Å²) in [5.41, 5.74) is 1.39. The molecule has 1 amide bonds. The average molecular weight is 219 g/mol. The molecule has 5 heteroatoms. The molecule has 4 nitrogen and oxygen atoms in total. The van der Waals surface area contributed by atoms with E-state index in [0.29, 0.717) is 18.4 Å². The van der Waals surface area contributed by atoms with Gasteiger partial charge in [0.25, 0.3) is 0 Å². The highest BCUT2D eigenvalue weighted by molar-refractivity contribution is 6.58. The highest BCUT2D eigenvalue weighted by atomic mass is 16.4. The van der Waals surface area contributed by atoms with Gasteiger partial charge < -0.3 is 14.9 Å². The van der Waals surface area contributed by atoms with Crippen LogP contribution >= 0.6 is 0 Å². The maximum atomic E-state index is 11.4. The van der Waals surface area contributed by atoms with Gasteiger partial charge >= 0.3 is 7.12 Å². The lowest BCUT2D eigenvalue weighted by atomic mass is 9.79. The number of nitrogens with zero attached hydrogens (tertiary/aromatic N) is 1. The quantitative estimate of drug-likeness (QED) is 0.673. The second kappa shape index (κ2) is 4.68. The van der Waals surface area contributed by atoms with E-state index in [0.717, 1.165) is 18.5 Å². The largest absolute Gasteiger partial charge is 0.488 e. The first-order valence-electron chi connectivity index (χ1n) is 5.39. The molecule has 1 aromatic carbocycles. The fourth-order valence-electron chi connectivity index (χ4n) is 1.94. The number of hydrogen-bond acceptors (Lipinski definition) is 3. The molecular weight excluding hydrogens is 205 g/mol. The molecule has 0 unspecified atom stereocenters. The molecule has 1 aliphatic rings. The van der Waals surface area contributed by atoms with Gasteiger partial charge in [0.2, 0.25) is 5.91 Å². The normalized spacial score (nSPS) is 15.6. The fourth-order valence-corrected chi connectivity index (χ4v) is 1.94. The van der Waals surface area contributed by atoms with E-state index >= 15 is 0 Å². The third kappa shape index (κ3) is 2.43. The zero-order valence-corrected chi connectivity index (χ0v) is 8.97. The fraction of sp³-hybridized carbons (Fsp3) is 0.364. The summed E-state index contributed by atoms with van der Waals surface area (Å²) < 4.78 is 0. The Morgan fingerprint density at radius 3 is 2.81 bits per heavy atom. The SMILES string of the molecule is O=C1CCCN1Cc1cccc(B(O)O)c1. The van der Waals surface area contributed by atoms with Crippen LogP contribution in [-0.2, 0) is 11.3 Å². The predicted molar refractivity (Wildman–Crippen MR) is 60.9 cm³/mol. The molecule has 0 radical (unpaired) electrons. The lowest BCUT2D eigenvalue weighted by molar-refractivity contribution is -0.128. The van der Waals surface area contributed by atoms with E-state index in [1.807, 2.05) is 6.07 Å². The molecular formula is C11H14BNO3. The van der Waals surface area contributed by atoms with Crippen molar-refractivity contribution < 1.29 is 14.8 Å². The Balaban J connectivity index is 2.09. The van der Waals surface area contributed by atoms with Crippen LogP contribution in [0, 0.1) is 0 Å². The van der Waals surface area contributed by atoms with Crippen molar-refractivity contribution in [2.45, 2.75) is 19.4 Å². The van der Waals surface area contributed by atoms with Gasteiger partial charge in [-0.15, -0.1) is 0 Å². The number of hydrogen-bond donors (Lipinski definition) is 2. The Morgan fingerprint density at radius 2 is 2.19 bits per heavy atom. The van der Waals surface area contributed by atoms with Crippen molar-refractivity contribution in [2.24, 2.45) is 0 Å². The summed E-state index contributed by atoms with van der Waals surface area (Å²) in [6, 6.07) is 7.03. The Kier molecular flexibility index (Phi) is 3.26. The van der Waals surface area contributed by atoms with Crippen molar-refractivity contribution in [1.82, 2.24) is 4.90 Å². The van der Waals surface area contributed by atoms with E-state index in [1.165, 1.54) is 0 Å². The first-order chi connectivity index (χ1) is 7.66.